The van der Waals surface area contributed by atoms with Gasteiger partial charge in [-0.15, -0.1) is 11.8 Å². The van der Waals surface area contributed by atoms with Gasteiger partial charge in [0.1, 0.15) is 5.75 Å². The number of hydrogen-bond acceptors (Lipinski definition) is 4. The van der Waals surface area contributed by atoms with Crippen molar-refractivity contribution >= 4 is 44.6 Å². The van der Waals surface area contributed by atoms with Gasteiger partial charge < -0.3 is 14.8 Å². The van der Waals surface area contributed by atoms with E-state index in [9.17, 15) is 28.2 Å². The van der Waals surface area contributed by atoms with Gasteiger partial charge in [-0.25, -0.2) is 4.79 Å². The number of fused-ring (bicyclic) bond motifs is 1. The van der Waals surface area contributed by atoms with Crippen molar-refractivity contribution in [3.63, 3.8) is 0 Å². The summed E-state index contributed by atoms with van der Waals surface area (Å²) in [5.41, 5.74) is 1.29. The van der Waals surface area contributed by atoms with Gasteiger partial charge in [0.2, 0.25) is 0 Å². The molecule has 10 heteroatoms. The number of rotatable bonds is 7. The van der Waals surface area contributed by atoms with Crippen LogP contribution in [0.25, 0.3) is 10.9 Å². The molecule has 3 aromatic rings. The molecule has 1 aliphatic carbocycles. The number of likely N-dealkylation sites (tertiary alicyclic amines) is 1. The predicted octanol–water partition coefficient (Wildman–Crippen LogP) is 7.05. The van der Waals surface area contributed by atoms with Gasteiger partial charge in [-0.05, 0) is 79.0 Å². The highest BCUT2D eigenvalue weighted by molar-refractivity contribution is 9.10. The van der Waals surface area contributed by atoms with Crippen LogP contribution in [0, 0.1) is 0 Å². The molecule has 35 heavy (non-hydrogen) atoms. The second-order valence-corrected chi connectivity index (χ2v) is 11.0. The van der Waals surface area contributed by atoms with Crippen molar-refractivity contribution in [3.8, 4) is 5.75 Å². The van der Waals surface area contributed by atoms with Gasteiger partial charge in [-0.3, -0.25) is 4.90 Å². The number of aromatic carboxylic acids is 1. The summed E-state index contributed by atoms with van der Waals surface area (Å²) in [6, 6.07) is 6.99. The summed E-state index contributed by atoms with van der Waals surface area (Å²) in [6.45, 7) is 2.21. The van der Waals surface area contributed by atoms with Gasteiger partial charge in [0.15, 0.2) is 0 Å². The Kier molecular flexibility index (Phi) is 6.56. The largest absolute Gasteiger partial charge is 0.506 e. The van der Waals surface area contributed by atoms with Crippen LogP contribution in [0.5, 0.6) is 5.75 Å². The molecule has 2 N–H and O–H groups in total. The summed E-state index contributed by atoms with van der Waals surface area (Å²) in [5.74, 6) is -0.856. The molecule has 1 aliphatic heterocycles. The molecule has 1 aromatic heterocycles. The van der Waals surface area contributed by atoms with Crippen molar-refractivity contribution in [2.75, 3.05) is 13.1 Å². The van der Waals surface area contributed by atoms with E-state index in [1.807, 2.05) is 4.57 Å². The highest BCUT2D eigenvalue weighted by atomic mass is 79.9. The van der Waals surface area contributed by atoms with E-state index in [-0.39, 0.29) is 23.1 Å². The minimum absolute atomic E-state index is 0.0388. The van der Waals surface area contributed by atoms with E-state index in [2.05, 4.69) is 20.8 Å². The summed E-state index contributed by atoms with van der Waals surface area (Å²) >= 11 is 4.64. The number of aromatic hydroxyl groups is 1. The average Bonchev–Trinajstić information content (AvgIpc) is 3.40. The molecule has 0 bridgehead atoms. The Morgan fingerprint density at radius 1 is 1.17 bits per heavy atom. The molecule has 0 radical (unpaired) electrons. The second-order valence-electron chi connectivity index (χ2n) is 9.11. The van der Waals surface area contributed by atoms with Crippen molar-refractivity contribution in [2.45, 2.75) is 55.1 Å². The lowest BCUT2D eigenvalue weighted by Crippen LogP contribution is -2.19. The maximum Gasteiger partial charge on any atom is 0.416 e. The molecule has 5 nitrogen and oxygen atoms in total. The Bertz CT molecular complexity index is 1300. The Labute approximate surface area is 213 Å². The molecular weight excluding hydrogens is 545 g/mol. The van der Waals surface area contributed by atoms with Gasteiger partial charge in [0, 0.05) is 39.9 Å². The quantitative estimate of drug-likeness (QED) is 0.299. The molecule has 2 aliphatic rings. The summed E-state index contributed by atoms with van der Waals surface area (Å²) in [6.07, 6.45) is -0.509. The van der Waals surface area contributed by atoms with Crippen molar-refractivity contribution in [1.82, 2.24) is 9.47 Å². The van der Waals surface area contributed by atoms with Crippen LogP contribution in [-0.2, 0) is 18.5 Å². The lowest BCUT2D eigenvalue weighted by molar-refractivity contribution is -0.137. The van der Waals surface area contributed by atoms with Gasteiger partial charge in [0.05, 0.1) is 21.1 Å². The number of phenolic OH excluding ortho intramolecular Hbond substituents is 1. The van der Waals surface area contributed by atoms with Crippen molar-refractivity contribution < 1.29 is 28.2 Å². The van der Waals surface area contributed by atoms with E-state index in [4.69, 9.17) is 0 Å². The van der Waals surface area contributed by atoms with Crippen molar-refractivity contribution in [1.29, 1.82) is 0 Å². The smallest absolute Gasteiger partial charge is 0.416 e. The van der Waals surface area contributed by atoms with Gasteiger partial charge in [-0.2, -0.15) is 13.2 Å². The zero-order chi connectivity index (χ0) is 24.9. The molecule has 0 atom stereocenters. The molecule has 0 amide bonds. The standard InChI is InChI=1S/C25H24BrF3N2O3S/c26-18-11-19-21(17(23(18)32)12-30-8-1-2-9-30)22(24(33)34)20(31(19)15-6-7-15)13-35-16-5-3-4-14(10-16)25(27,28)29/h3-5,10-11,15,32H,1-2,6-9,12-13H2,(H,33,34). The molecule has 2 aromatic carbocycles. The van der Waals surface area contributed by atoms with Crippen LogP contribution < -0.4 is 0 Å². The van der Waals surface area contributed by atoms with E-state index < -0.39 is 17.7 Å². The third-order valence-corrected chi connectivity index (χ3v) is 8.28. The number of nitrogens with zero attached hydrogens (tertiary/aromatic N) is 2. The Morgan fingerprint density at radius 3 is 2.51 bits per heavy atom. The average molecular weight is 569 g/mol. The fraction of sp³-hybridized carbons (Fsp3) is 0.400. The van der Waals surface area contributed by atoms with Crippen LogP contribution >= 0.6 is 27.7 Å². The number of carboxylic acid groups (broad SMARTS) is 1. The van der Waals surface area contributed by atoms with Crippen LogP contribution in [0.1, 0.15) is 58.9 Å². The summed E-state index contributed by atoms with van der Waals surface area (Å²) in [4.78, 5) is 15.2. The maximum absolute atomic E-state index is 13.2. The fourth-order valence-corrected chi connectivity index (χ4v) is 6.34. The Morgan fingerprint density at radius 2 is 1.89 bits per heavy atom. The number of carboxylic acids is 1. The van der Waals surface area contributed by atoms with Crippen LogP contribution in [-0.4, -0.2) is 38.7 Å². The van der Waals surface area contributed by atoms with E-state index >= 15 is 0 Å². The lowest BCUT2D eigenvalue weighted by atomic mass is 10.0. The zero-order valence-electron chi connectivity index (χ0n) is 18.7. The van der Waals surface area contributed by atoms with Crippen LogP contribution in [0.2, 0.25) is 0 Å². The number of halogens is 4. The van der Waals surface area contributed by atoms with E-state index in [0.717, 1.165) is 56.4 Å². The van der Waals surface area contributed by atoms with Crippen LogP contribution in [0.15, 0.2) is 39.7 Å². The molecule has 186 valence electrons. The first-order chi connectivity index (χ1) is 16.6. The lowest BCUT2D eigenvalue weighted by Gasteiger charge is -2.18. The fourth-order valence-electron chi connectivity index (χ4n) is 4.91. The SMILES string of the molecule is O=C(O)c1c(CSc2cccc(C(F)(F)F)c2)n(C2CC2)c2cc(Br)c(O)c(CN3CCCC3)c12. The number of thioether (sulfide) groups is 1. The topological polar surface area (TPSA) is 65.7 Å². The molecule has 2 heterocycles. The molecule has 0 unspecified atom stereocenters. The first-order valence-corrected chi connectivity index (χ1v) is 13.3. The maximum atomic E-state index is 13.2. The highest BCUT2D eigenvalue weighted by Gasteiger charge is 2.35. The first-order valence-electron chi connectivity index (χ1n) is 11.5. The number of hydrogen-bond donors (Lipinski definition) is 2. The number of aromatic nitrogens is 1. The zero-order valence-corrected chi connectivity index (χ0v) is 21.1. The summed E-state index contributed by atoms with van der Waals surface area (Å²) in [7, 11) is 0. The number of carbonyl (C=O) groups is 1. The first kappa shape index (κ1) is 24.5. The molecule has 0 spiro atoms. The van der Waals surface area contributed by atoms with Gasteiger partial charge in [-0.1, -0.05) is 6.07 Å². The molecule has 1 saturated heterocycles. The van der Waals surface area contributed by atoms with E-state index in [1.165, 1.54) is 17.8 Å². The highest BCUT2D eigenvalue weighted by Crippen LogP contribution is 2.47. The third kappa shape index (κ3) is 4.80. The minimum atomic E-state index is -4.44. The molecule has 5 rings (SSSR count). The minimum Gasteiger partial charge on any atom is -0.506 e. The van der Waals surface area contributed by atoms with Gasteiger partial charge >= 0.3 is 12.1 Å². The van der Waals surface area contributed by atoms with E-state index in [0.29, 0.717) is 32.6 Å². The van der Waals surface area contributed by atoms with Crippen molar-refractivity contribution in [2.24, 2.45) is 0 Å². The monoisotopic (exact) mass is 568 g/mol. The third-order valence-electron chi connectivity index (χ3n) is 6.67. The number of phenols is 1. The molecular formula is C25H24BrF3N2O3S. The number of alkyl halides is 3. The summed E-state index contributed by atoms with van der Waals surface area (Å²) < 4.78 is 42.1. The van der Waals surface area contributed by atoms with E-state index in [1.54, 1.807) is 12.1 Å². The number of benzene rings is 2. The summed E-state index contributed by atoms with van der Waals surface area (Å²) in [5, 5.41) is 21.8. The Balaban J connectivity index is 1.62. The van der Waals surface area contributed by atoms with Crippen molar-refractivity contribution in [3.05, 3.63) is 57.2 Å². The van der Waals surface area contributed by atoms with Crippen LogP contribution in [0.4, 0.5) is 13.2 Å². The molecule has 1 saturated carbocycles. The second kappa shape index (κ2) is 9.37. The predicted molar refractivity (Wildman–Crippen MR) is 132 cm³/mol. The Hall–Kier alpha value is -2.17. The van der Waals surface area contributed by atoms with Gasteiger partial charge in [0.25, 0.3) is 0 Å². The van der Waals surface area contributed by atoms with Crippen LogP contribution in [0.3, 0.4) is 0 Å². The normalized spacial score (nSPS) is 16.9. The molecule has 2 fully saturated rings.